The van der Waals surface area contributed by atoms with Gasteiger partial charge in [0.15, 0.2) is 5.82 Å². The summed E-state index contributed by atoms with van der Waals surface area (Å²) in [5.41, 5.74) is 9.82. The first kappa shape index (κ1) is 12.6. The zero-order chi connectivity index (χ0) is 13.1. The number of hydrogen-bond donors (Lipinski definition) is 1. The van der Waals surface area contributed by atoms with E-state index in [0.29, 0.717) is 6.54 Å². The van der Waals surface area contributed by atoms with E-state index in [-0.39, 0.29) is 5.92 Å². The van der Waals surface area contributed by atoms with Crippen LogP contribution in [0.3, 0.4) is 0 Å². The van der Waals surface area contributed by atoms with Crippen LogP contribution in [-0.2, 0) is 0 Å². The van der Waals surface area contributed by atoms with Crippen molar-refractivity contribution in [3.8, 4) is 11.4 Å². The smallest absolute Gasteiger partial charge is 0.161 e. The summed E-state index contributed by atoms with van der Waals surface area (Å²) in [6, 6.07) is 3.85. The first-order valence-electron chi connectivity index (χ1n) is 6.09. The molecule has 2 N–H and O–H groups in total. The first-order valence-corrected chi connectivity index (χ1v) is 6.09. The minimum Gasteiger partial charge on any atom is -0.330 e. The molecule has 0 aliphatic carbocycles. The Hall–Kier alpha value is -1.81. The van der Waals surface area contributed by atoms with Crippen LogP contribution in [0.15, 0.2) is 24.5 Å². The molecule has 0 spiro atoms. The van der Waals surface area contributed by atoms with Crippen molar-refractivity contribution in [3.05, 3.63) is 41.5 Å². The summed E-state index contributed by atoms with van der Waals surface area (Å²) in [7, 11) is 0. The fourth-order valence-corrected chi connectivity index (χ4v) is 2.18. The second kappa shape index (κ2) is 5.23. The standard InChI is InChI=1S/C14H18N4/c1-9(7-15)13-10(2)17-14(18-11(13)3)12-5-4-6-16-8-12/h4-6,8-9H,7,15H2,1-3H3. The Balaban J connectivity index is 2.49. The maximum absolute atomic E-state index is 5.73. The molecule has 0 bridgehead atoms. The molecule has 2 rings (SSSR count). The largest absolute Gasteiger partial charge is 0.330 e. The van der Waals surface area contributed by atoms with Crippen molar-refractivity contribution in [2.75, 3.05) is 6.54 Å². The lowest BCUT2D eigenvalue weighted by Crippen LogP contribution is -2.14. The van der Waals surface area contributed by atoms with Crippen molar-refractivity contribution in [3.63, 3.8) is 0 Å². The number of hydrogen-bond acceptors (Lipinski definition) is 4. The highest BCUT2D eigenvalue weighted by Crippen LogP contribution is 2.23. The third-order valence-electron chi connectivity index (χ3n) is 3.09. The van der Waals surface area contributed by atoms with Crippen molar-refractivity contribution in [2.45, 2.75) is 26.7 Å². The van der Waals surface area contributed by atoms with E-state index < -0.39 is 0 Å². The van der Waals surface area contributed by atoms with E-state index in [4.69, 9.17) is 5.73 Å². The number of nitrogens with two attached hydrogens (primary N) is 1. The molecule has 0 saturated carbocycles. The second-order valence-corrected chi connectivity index (χ2v) is 4.51. The van der Waals surface area contributed by atoms with Gasteiger partial charge in [0.05, 0.1) is 0 Å². The topological polar surface area (TPSA) is 64.7 Å². The molecule has 4 nitrogen and oxygen atoms in total. The molecule has 0 saturated heterocycles. The summed E-state index contributed by atoms with van der Waals surface area (Å²) in [5, 5.41) is 0. The quantitative estimate of drug-likeness (QED) is 0.896. The maximum Gasteiger partial charge on any atom is 0.161 e. The number of aryl methyl sites for hydroxylation is 2. The average molecular weight is 242 g/mol. The number of aromatic nitrogens is 3. The molecular formula is C14H18N4. The molecule has 1 atom stereocenters. The van der Waals surface area contributed by atoms with Crippen LogP contribution in [0.5, 0.6) is 0 Å². The van der Waals surface area contributed by atoms with Crippen LogP contribution in [0.2, 0.25) is 0 Å². The molecule has 0 aliphatic rings. The number of pyridine rings is 1. The Labute approximate surface area is 107 Å². The third kappa shape index (κ3) is 2.38. The molecule has 18 heavy (non-hydrogen) atoms. The highest BCUT2D eigenvalue weighted by molar-refractivity contribution is 5.54. The van der Waals surface area contributed by atoms with Crippen LogP contribution < -0.4 is 5.73 Å². The fraction of sp³-hybridized carbons (Fsp3) is 0.357. The fourth-order valence-electron chi connectivity index (χ4n) is 2.18. The van der Waals surface area contributed by atoms with Crippen molar-refractivity contribution in [1.82, 2.24) is 15.0 Å². The first-order chi connectivity index (χ1) is 8.63. The van der Waals surface area contributed by atoms with Gasteiger partial charge in [-0.25, -0.2) is 9.97 Å². The summed E-state index contributed by atoms with van der Waals surface area (Å²) < 4.78 is 0. The molecule has 0 aliphatic heterocycles. The Morgan fingerprint density at radius 2 is 1.89 bits per heavy atom. The maximum atomic E-state index is 5.73. The predicted octanol–water partition coefficient (Wildman–Crippen LogP) is 2.22. The second-order valence-electron chi connectivity index (χ2n) is 4.51. The molecule has 0 amide bonds. The van der Waals surface area contributed by atoms with Crippen molar-refractivity contribution >= 4 is 0 Å². The zero-order valence-electron chi connectivity index (χ0n) is 11.0. The molecule has 2 aromatic rings. The van der Waals surface area contributed by atoms with Gasteiger partial charge in [-0.1, -0.05) is 6.92 Å². The summed E-state index contributed by atoms with van der Waals surface area (Å²) in [5.74, 6) is 1.01. The van der Waals surface area contributed by atoms with E-state index in [1.165, 1.54) is 0 Å². The number of rotatable bonds is 3. The van der Waals surface area contributed by atoms with Crippen molar-refractivity contribution < 1.29 is 0 Å². The number of nitrogens with zero attached hydrogens (tertiary/aromatic N) is 3. The van der Waals surface area contributed by atoms with Gasteiger partial charge in [0.1, 0.15) is 0 Å². The SMILES string of the molecule is Cc1nc(-c2cccnc2)nc(C)c1C(C)CN. The summed E-state index contributed by atoms with van der Waals surface area (Å²) in [6.45, 7) is 6.73. The Bertz CT molecular complexity index is 514. The Morgan fingerprint density at radius 1 is 1.22 bits per heavy atom. The minimum absolute atomic E-state index is 0.285. The van der Waals surface area contributed by atoms with Crippen LogP contribution in [0, 0.1) is 13.8 Å². The third-order valence-corrected chi connectivity index (χ3v) is 3.09. The molecule has 2 aromatic heterocycles. The summed E-state index contributed by atoms with van der Waals surface area (Å²) >= 11 is 0. The van der Waals surface area contributed by atoms with E-state index in [9.17, 15) is 0 Å². The summed E-state index contributed by atoms with van der Waals surface area (Å²) in [6.07, 6.45) is 3.52. The minimum atomic E-state index is 0.285. The van der Waals surface area contributed by atoms with E-state index in [1.807, 2.05) is 26.0 Å². The lowest BCUT2D eigenvalue weighted by atomic mass is 9.98. The van der Waals surface area contributed by atoms with E-state index >= 15 is 0 Å². The average Bonchev–Trinajstić information content (AvgIpc) is 2.38. The van der Waals surface area contributed by atoms with Crippen molar-refractivity contribution in [1.29, 1.82) is 0 Å². The van der Waals surface area contributed by atoms with Crippen LogP contribution >= 0.6 is 0 Å². The van der Waals surface area contributed by atoms with Gasteiger partial charge < -0.3 is 5.73 Å². The van der Waals surface area contributed by atoms with Crippen LogP contribution in [0.25, 0.3) is 11.4 Å². The molecule has 0 fully saturated rings. The zero-order valence-corrected chi connectivity index (χ0v) is 11.0. The van der Waals surface area contributed by atoms with E-state index in [2.05, 4.69) is 21.9 Å². The van der Waals surface area contributed by atoms with Gasteiger partial charge in [-0.3, -0.25) is 4.98 Å². The molecular weight excluding hydrogens is 224 g/mol. The monoisotopic (exact) mass is 242 g/mol. The molecule has 4 heteroatoms. The van der Waals surface area contributed by atoms with Gasteiger partial charge in [0, 0.05) is 29.3 Å². The predicted molar refractivity (Wildman–Crippen MR) is 72.2 cm³/mol. The Kier molecular flexibility index (Phi) is 3.67. The molecule has 0 radical (unpaired) electrons. The van der Waals surface area contributed by atoms with Crippen LogP contribution in [-0.4, -0.2) is 21.5 Å². The van der Waals surface area contributed by atoms with E-state index in [1.54, 1.807) is 12.4 Å². The lowest BCUT2D eigenvalue weighted by molar-refractivity contribution is 0.744. The van der Waals surface area contributed by atoms with Gasteiger partial charge in [-0.15, -0.1) is 0 Å². The van der Waals surface area contributed by atoms with Crippen LogP contribution in [0.1, 0.15) is 29.8 Å². The van der Waals surface area contributed by atoms with Gasteiger partial charge >= 0.3 is 0 Å². The lowest BCUT2D eigenvalue weighted by Gasteiger charge is -2.15. The highest BCUT2D eigenvalue weighted by Gasteiger charge is 2.14. The van der Waals surface area contributed by atoms with Gasteiger partial charge in [-0.2, -0.15) is 0 Å². The van der Waals surface area contributed by atoms with Gasteiger partial charge in [0.25, 0.3) is 0 Å². The van der Waals surface area contributed by atoms with E-state index in [0.717, 1.165) is 28.3 Å². The molecule has 1 unspecified atom stereocenters. The summed E-state index contributed by atoms with van der Waals surface area (Å²) in [4.78, 5) is 13.2. The van der Waals surface area contributed by atoms with Gasteiger partial charge in [0.2, 0.25) is 0 Å². The molecule has 94 valence electrons. The normalized spacial score (nSPS) is 12.4. The molecule has 0 aromatic carbocycles. The van der Waals surface area contributed by atoms with Crippen molar-refractivity contribution in [2.24, 2.45) is 5.73 Å². The van der Waals surface area contributed by atoms with Gasteiger partial charge in [-0.05, 0) is 44.0 Å². The van der Waals surface area contributed by atoms with Crippen LogP contribution in [0.4, 0.5) is 0 Å². The molecule has 2 heterocycles. The highest BCUT2D eigenvalue weighted by atomic mass is 14.9. The Morgan fingerprint density at radius 3 is 2.39 bits per heavy atom.